The van der Waals surface area contributed by atoms with Gasteiger partial charge in [0.05, 0.1) is 17.7 Å². The number of alkyl halides is 3. The van der Waals surface area contributed by atoms with Crippen molar-refractivity contribution in [2.45, 2.75) is 38.8 Å². The lowest BCUT2D eigenvalue weighted by atomic mass is 10.1. The number of hydrogen-bond donors (Lipinski definition) is 1. The van der Waals surface area contributed by atoms with Crippen molar-refractivity contribution in [2.24, 2.45) is 0 Å². The third-order valence-electron chi connectivity index (χ3n) is 2.83. The Morgan fingerprint density at radius 1 is 1.25 bits per heavy atom. The minimum atomic E-state index is -4.51. The first-order valence-corrected chi connectivity index (χ1v) is 6.50. The third kappa shape index (κ3) is 4.75. The van der Waals surface area contributed by atoms with Crippen LogP contribution >= 0.6 is 0 Å². The second-order valence-corrected chi connectivity index (χ2v) is 4.50. The molecule has 3 nitrogen and oxygen atoms in total. The van der Waals surface area contributed by atoms with Gasteiger partial charge in [-0.2, -0.15) is 13.2 Å². The minimum Gasteiger partial charge on any atom is -0.462 e. The van der Waals surface area contributed by atoms with E-state index in [1.807, 2.05) is 0 Å². The fourth-order valence-electron chi connectivity index (χ4n) is 1.68. The molecule has 6 heteroatoms. The molecule has 0 amide bonds. The average Bonchev–Trinajstić information content (AvgIpc) is 2.37. The Labute approximate surface area is 115 Å². The Balaban J connectivity index is 2.67. The van der Waals surface area contributed by atoms with Gasteiger partial charge in [0.1, 0.15) is 0 Å². The van der Waals surface area contributed by atoms with E-state index in [1.54, 1.807) is 0 Å². The van der Waals surface area contributed by atoms with Crippen molar-refractivity contribution >= 4 is 11.7 Å². The quantitative estimate of drug-likeness (QED) is 0.489. The lowest BCUT2D eigenvalue weighted by Gasteiger charge is -2.11. The molecule has 112 valence electrons. The summed E-state index contributed by atoms with van der Waals surface area (Å²) in [5, 5.41) is 0. The molecule has 0 radical (unpaired) electrons. The molecule has 1 aromatic rings. The van der Waals surface area contributed by atoms with E-state index in [9.17, 15) is 18.0 Å². The molecule has 1 rings (SSSR count). The van der Waals surface area contributed by atoms with Crippen molar-refractivity contribution in [3.05, 3.63) is 29.3 Å². The van der Waals surface area contributed by atoms with E-state index in [1.165, 1.54) is 0 Å². The summed E-state index contributed by atoms with van der Waals surface area (Å²) in [6.45, 7) is 2.24. The SMILES string of the molecule is CCCCCCOC(=O)c1cc(C(F)(F)F)ccc1N. The van der Waals surface area contributed by atoms with Crippen LogP contribution < -0.4 is 5.73 Å². The number of nitrogens with two attached hydrogens (primary N) is 1. The molecule has 0 aliphatic rings. The van der Waals surface area contributed by atoms with Crippen LogP contribution in [0.25, 0.3) is 0 Å². The Kier molecular flexibility index (Phi) is 5.85. The summed E-state index contributed by atoms with van der Waals surface area (Å²) in [4.78, 5) is 11.7. The summed E-state index contributed by atoms with van der Waals surface area (Å²) < 4.78 is 42.6. The maximum Gasteiger partial charge on any atom is 0.416 e. The van der Waals surface area contributed by atoms with E-state index in [0.717, 1.165) is 37.5 Å². The van der Waals surface area contributed by atoms with Gasteiger partial charge in [-0.25, -0.2) is 4.79 Å². The van der Waals surface area contributed by atoms with Gasteiger partial charge in [0.15, 0.2) is 0 Å². The number of halogens is 3. The zero-order valence-electron chi connectivity index (χ0n) is 11.3. The number of ether oxygens (including phenoxy) is 1. The van der Waals surface area contributed by atoms with E-state index in [4.69, 9.17) is 10.5 Å². The zero-order valence-corrected chi connectivity index (χ0v) is 11.3. The number of carbonyl (C=O) groups is 1. The molecule has 2 N–H and O–H groups in total. The second-order valence-electron chi connectivity index (χ2n) is 4.50. The van der Waals surface area contributed by atoms with Crippen molar-refractivity contribution < 1.29 is 22.7 Å². The summed E-state index contributed by atoms with van der Waals surface area (Å²) >= 11 is 0. The predicted molar refractivity (Wildman–Crippen MR) is 70.3 cm³/mol. The summed E-state index contributed by atoms with van der Waals surface area (Å²) in [7, 11) is 0. The van der Waals surface area contributed by atoms with Crippen LogP contribution in [0.1, 0.15) is 48.5 Å². The van der Waals surface area contributed by atoms with Crippen LogP contribution in [0.4, 0.5) is 18.9 Å². The smallest absolute Gasteiger partial charge is 0.416 e. The van der Waals surface area contributed by atoms with Gasteiger partial charge in [-0.05, 0) is 24.6 Å². The van der Waals surface area contributed by atoms with E-state index < -0.39 is 17.7 Å². The first-order valence-electron chi connectivity index (χ1n) is 6.50. The molecule has 0 heterocycles. The van der Waals surface area contributed by atoms with E-state index in [2.05, 4.69) is 6.92 Å². The topological polar surface area (TPSA) is 52.3 Å². The molecule has 1 aromatic carbocycles. The molecule has 0 spiro atoms. The number of rotatable bonds is 6. The largest absolute Gasteiger partial charge is 0.462 e. The van der Waals surface area contributed by atoms with Gasteiger partial charge in [-0.1, -0.05) is 26.2 Å². The molecule has 20 heavy (non-hydrogen) atoms. The van der Waals surface area contributed by atoms with Crippen LogP contribution in [-0.2, 0) is 10.9 Å². The molecular weight excluding hydrogens is 271 g/mol. The number of nitrogen functional groups attached to an aromatic ring is 1. The third-order valence-corrected chi connectivity index (χ3v) is 2.83. The number of esters is 1. The Morgan fingerprint density at radius 3 is 2.55 bits per heavy atom. The molecule has 0 aliphatic carbocycles. The summed E-state index contributed by atoms with van der Waals surface area (Å²) in [6, 6.07) is 2.63. The van der Waals surface area contributed by atoms with Crippen molar-refractivity contribution in [1.82, 2.24) is 0 Å². The highest BCUT2D eigenvalue weighted by atomic mass is 19.4. The van der Waals surface area contributed by atoms with Gasteiger partial charge in [0, 0.05) is 5.69 Å². The fourth-order valence-corrected chi connectivity index (χ4v) is 1.68. The van der Waals surface area contributed by atoms with E-state index in [0.29, 0.717) is 6.42 Å². The van der Waals surface area contributed by atoms with Crippen LogP contribution in [-0.4, -0.2) is 12.6 Å². The normalized spacial score (nSPS) is 11.4. The summed E-state index contributed by atoms with van der Waals surface area (Å²) in [6.07, 6.45) is -0.818. The minimum absolute atomic E-state index is 0.0171. The lowest BCUT2D eigenvalue weighted by molar-refractivity contribution is -0.137. The molecule has 0 fully saturated rings. The second kappa shape index (κ2) is 7.17. The molecule has 0 saturated carbocycles. The zero-order chi connectivity index (χ0) is 15.2. The van der Waals surface area contributed by atoms with Crippen LogP contribution in [0.15, 0.2) is 18.2 Å². The first-order chi connectivity index (χ1) is 9.36. The Bertz CT molecular complexity index is 458. The van der Waals surface area contributed by atoms with Gasteiger partial charge in [0.25, 0.3) is 0 Å². The Morgan fingerprint density at radius 2 is 1.95 bits per heavy atom. The molecule has 0 saturated heterocycles. The Hall–Kier alpha value is -1.72. The van der Waals surface area contributed by atoms with Gasteiger partial charge in [-0.3, -0.25) is 0 Å². The highest BCUT2D eigenvalue weighted by Gasteiger charge is 2.31. The van der Waals surface area contributed by atoms with Crippen molar-refractivity contribution in [3.8, 4) is 0 Å². The van der Waals surface area contributed by atoms with Crippen LogP contribution in [0.2, 0.25) is 0 Å². The van der Waals surface area contributed by atoms with Crippen LogP contribution in [0.3, 0.4) is 0 Å². The average molecular weight is 289 g/mol. The number of hydrogen-bond acceptors (Lipinski definition) is 3. The number of carbonyl (C=O) groups excluding carboxylic acids is 1. The summed E-state index contributed by atoms with van der Waals surface area (Å²) in [5.74, 6) is -0.815. The van der Waals surface area contributed by atoms with Gasteiger partial charge >= 0.3 is 12.1 Å². The van der Waals surface area contributed by atoms with E-state index >= 15 is 0 Å². The van der Waals surface area contributed by atoms with Crippen molar-refractivity contribution in [2.75, 3.05) is 12.3 Å². The van der Waals surface area contributed by atoms with Gasteiger partial charge < -0.3 is 10.5 Å². The molecule has 0 bridgehead atoms. The summed E-state index contributed by atoms with van der Waals surface area (Å²) in [5.41, 5.74) is 4.35. The monoisotopic (exact) mass is 289 g/mol. The predicted octanol–water partition coefficient (Wildman–Crippen LogP) is 4.02. The number of unbranched alkanes of at least 4 members (excludes halogenated alkanes) is 3. The first kappa shape index (κ1) is 16.3. The molecule has 0 unspecified atom stereocenters. The molecule has 0 aromatic heterocycles. The molecule has 0 atom stereocenters. The van der Waals surface area contributed by atoms with Crippen LogP contribution in [0, 0.1) is 0 Å². The number of benzene rings is 1. The van der Waals surface area contributed by atoms with E-state index in [-0.39, 0.29) is 17.9 Å². The molecular formula is C14H18F3NO2. The highest BCUT2D eigenvalue weighted by molar-refractivity contribution is 5.95. The van der Waals surface area contributed by atoms with Crippen molar-refractivity contribution in [3.63, 3.8) is 0 Å². The number of anilines is 1. The van der Waals surface area contributed by atoms with Crippen LogP contribution in [0.5, 0.6) is 0 Å². The lowest BCUT2D eigenvalue weighted by Crippen LogP contribution is -2.12. The molecule has 0 aliphatic heterocycles. The highest BCUT2D eigenvalue weighted by Crippen LogP contribution is 2.31. The van der Waals surface area contributed by atoms with Gasteiger partial charge in [0.2, 0.25) is 0 Å². The van der Waals surface area contributed by atoms with Gasteiger partial charge in [-0.15, -0.1) is 0 Å². The maximum absolute atomic E-state index is 12.6. The maximum atomic E-state index is 12.6. The van der Waals surface area contributed by atoms with Crippen molar-refractivity contribution in [1.29, 1.82) is 0 Å². The fraction of sp³-hybridized carbons (Fsp3) is 0.500. The standard InChI is InChI=1S/C14H18F3NO2/c1-2-3-4-5-8-20-13(19)11-9-10(14(15,16)17)6-7-12(11)18/h6-7,9H,2-5,8,18H2,1H3.